The van der Waals surface area contributed by atoms with Crippen molar-refractivity contribution in [2.75, 3.05) is 5.32 Å². The molecular weight excluding hydrogens is 280 g/mol. The molecule has 5 nitrogen and oxygen atoms in total. The topological polar surface area (TPSA) is 75.3 Å². The van der Waals surface area contributed by atoms with E-state index < -0.39 is 5.41 Å². The van der Waals surface area contributed by atoms with Gasteiger partial charge in [-0.15, -0.1) is 12.4 Å². The molecule has 3 amide bonds. The molecule has 0 radical (unpaired) electrons. The van der Waals surface area contributed by atoms with E-state index in [0.29, 0.717) is 18.5 Å². The Morgan fingerprint density at radius 2 is 1.85 bits per heavy atom. The lowest BCUT2D eigenvalue weighted by Crippen LogP contribution is -2.49. The highest BCUT2D eigenvalue weighted by molar-refractivity contribution is 6.03. The molecule has 1 aromatic carbocycles. The Kier molecular flexibility index (Phi) is 4.89. The molecule has 1 aliphatic rings. The summed E-state index contributed by atoms with van der Waals surface area (Å²) in [6.07, 6.45) is 0.840. The molecule has 1 atom stereocenters. The molecule has 0 unspecified atom stereocenters. The summed E-state index contributed by atoms with van der Waals surface area (Å²) in [6.45, 7) is 3.26. The van der Waals surface area contributed by atoms with E-state index in [2.05, 4.69) is 10.6 Å². The molecule has 1 fully saturated rings. The Labute approximate surface area is 123 Å². The van der Waals surface area contributed by atoms with Crippen LogP contribution in [0.3, 0.4) is 0 Å². The van der Waals surface area contributed by atoms with Gasteiger partial charge in [-0.2, -0.15) is 0 Å². The summed E-state index contributed by atoms with van der Waals surface area (Å²) < 4.78 is 0. The lowest BCUT2D eigenvalue weighted by atomic mass is 9.75. The van der Waals surface area contributed by atoms with Crippen LogP contribution in [-0.2, 0) is 19.8 Å². The highest BCUT2D eigenvalue weighted by Gasteiger charge is 2.39. The fourth-order valence-corrected chi connectivity index (χ4v) is 2.20. The minimum Gasteiger partial charge on any atom is -0.326 e. The Bertz CT molecular complexity index is 542. The van der Waals surface area contributed by atoms with Crippen molar-refractivity contribution in [3.63, 3.8) is 0 Å². The Hall–Kier alpha value is -1.88. The van der Waals surface area contributed by atoms with E-state index in [-0.39, 0.29) is 30.1 Å². The molecule has 1 aliphatic heterocycles. The summed E-state index contributed by atoms with van der Waals surface area (Å²) in [5.74, 6) is -0.631. The maximum Gasteiger partial charge on any atom is 0.236 e. The van der Waals surface area contributed by atoms with E-state index in [1.807, 2.05) is 6.92 Å². The first-order valence-electron chi connectivity index (χ1n) is 6.14. The van der Waals surface area contributed by atoms with Gasteiger partial charge in [-0.05, 0) is 31.0 Å². The fraction of sp³-hybridized carbons (Fsp3) is 0.357. The van der Waals surface area contributed by atoms with Crippen LogP contribution in [0.15, 0.2) is 24.3 Å². The number of nitrogens with one attached hydrogen (secondary N) is 2. The number of benzene rings is 1. The second-order valence-corrected chi connectivity index (χ2v) is 4.97. The zero-order chi connectivity index (χ0) is 14.0. The van der Waals surface area contributed by atoms with Crippen molar-refractivity contribution in [1.29, 1.82) is 0 Å². The molecular formula is C14H17ClN2O3. The molecule has 1 heterocycles. The molecule has 0 saturated carbocycles. The molecule has 108 valence electrons. The minimum atomic E-state index is -0.692. The van der Waals surface area contributed by atoms with Gasteiger partial charge in [0.1, 0.15) is 0 Å². The van der Waals surface area contributed by atoms with Gasteiger partial charge in [-0.1, -0.05) is 12.1 Å². The predicted octanol–water partition coefficient (Wildman–Crippen LogP) is 1.76. The van der Waals surface area contributed by atoms with Gasteiger partial charge in [0.05, 0.1) is 5.41 Å². The number of hydrogen-bond donors (Lipinski definition) is 2. The molecule has 20 heavy (non-hydrogen) atoms. The van der Waals surface area contributed by atoms with Crippen molar-refractivity contribution in [3.8, 4) is 0 Å². The van der Waals surface area contributed by atoms with Crippen molar-refractivity contribution >= 4 is 35.8 Å². The molecule has 2 rings (SSSR count). The number of piperidine rings is 1. The summed E-state index contributed by atoms with van der Waals surface area (Å²) in [5.41, 5.74) is 0.835. The maximum absolute atomic E-state index is 12.0. The largest absolute Gasteiger partial charge is 0.326 e. The molecule has 1 saturated heterocycles. The standard InChI is InChI=1S/C14H16N2O3.ClH/c1-9(17)15-11-5-3-10(4-6-11)14(2)8-7-12(18)16-13(14)19;/h3-6H,7-8H2,1-2H3,(H,15,17)(H,16,18,19);1H/t14-;/m0./s1. The molecule has 1 aromatic rings. The number of rotatable bonds is 2. The quantitative estimate of drug-likeness (QED) is 0.817. The number of imide groups is 1. The number of halogens is 1. The summed E-state index contributed by atoms with van der Waals surface area (Å²) in [4.78, 5) is 34.1. The van der Waals surface area contributed by atoms with E-state index in [4.69, 9.17) is 0 Å². The first kappa shape index (κ1) is 16.2. The first-order chi connectivity index (χ1) is 8.91. The lowest BCUT2D eigenvalue weighted by Gasteiger charge is -2.32. The fourth-order valence-electron chi connectivity index (χ4n) is 2.20. The van der Waals surface area contributed by atoms with Crippen LogP contribution in [0.4, 0.5) is 5.69 Å². The summed E-state index contributed by atoms with van der Waals surface area (Å²) in [7, 11) is 0. The minimum absolute atomic E-state index is 0. The third-order valence-electron chi connectivity index (χ3n) is 3.45. The number of amides is 3. The van der Waals surface area contributed by atoms with Gasteiger partial charge in [0.2, 0.25) is 17.7 Å². The van der Waals surface area contributed by atoms with Gasteiger partial charge in [-0.3, -0.25) is 19.7 Å². The van der Waals surface area contributed by atoms with Crippen LogP contribution in [-0.4, -0.2) is 17.7 Å². The second-order valence-electron chi connectivity index (χ2n) is 4.97. The monoisotopic (exact) mass is 296 g/mol. The third-order valence-corrected chi connectivity index (χ3v) is 3.45. The lowest BCUT2D eigenvalue weighted by molar-refractivity contribution is -0.137. The van der Waals surface area contributed by atoms with Crippen LogP contribution in [0.1, 0.15) is 32.3 Å². The number of carbonyl (C=O) groups excluding carboxylic acids is 3. The van der Waals surface area contributed by atoms with Crippen molar-refractivity contribution in [2.24, 2.45) is 0 Å². The highest BCUT2D eigenvalue weighted by atomic mass is 35.5. The van der Waals surface area contributed by atoms with E-state index in [9.17, 15) is 14.4 Å². The van der Waals surface area contributed by atoms with Crippen molar-refractivity contribution < 1.29 is 14.4 Å². The van der Waals surface area contributed by atoms with Crippen molar-refractivity contribution in [2.45, 2.75) is 32.1 Å². The Balaban J connectivity index is 0.00000200. The number of hydrogen-bond acceptors (Lipinski definition) is 3. The molecule has 0 bridgehead atoms. The first-order valence-corrected chi connectivity index (χ1v) is 6.14. The van der Waals surface area contributed by atoms with Gasteiger partial charge in [-0.25, -0.2) is 0 Å². The van der Waals surface area contributed by atoms with E-state index in [0.717, 1.165) is 5.56 Å². The van der Waals surface area contributed by atoms with Gasteiger partial charge >= 0.3 is 0 Å². The van der Waals surface area contributed by atoms with Gasteiger partial charge < -0.3 is 5.32 Å². The van der Waals surface area contributed by atoms with Crippen LogP contribution in [0, 0.1) is 0 Å². The molecule has 0 aliphatic carbocycles. The average Bonchev–Trinajstić information content (AvgIpc) is 2.34. The molecule has 0 aromatic heterocycles. The van der Waals surface area contributed by atoms with Gasteiger partial charge in [0.25, 0.3) is 0 Å². The normalized spacial score (nSPS) is 21.7. The third kappa shape index (κ3) is 3.17. The van der Waals surface area contributed by atoms with Crippen LogP contribution < -0.4 is 10.6 Å². The molecule has 0 spiro atoms. The van der Waals surface area contributed by atoms with Gasteiger partial charge in [0.15, 0.2) is 0 Å². The summed E-state index contributed by atoms with van der Waals surface area (Å²) in [6, 6.07) is 7.12. The van der Waals surface area contributed by atoms with E-state index in [1.54, 1.807) is 24.3 Å². The van der Waals surface area contributed by atoms with Crippen LogP contribution >= 0.6 is 12.4 Å². The Morgan fingerprint density at radius 1 is 1.25 bits per heavy atom. The van der Waals surface area contributed by atoms with Crippen LogP contribution in [0.25, 0.3) is 0 Å². The van der Waals surface area contributed by atoms with Gasteiger partial charge in [0, 0.05) is 19.0 Å². The summed E-state index contributed by atoms with van der Waals surface area (Å²) >= 11 is 0. The zero-order valence-electron chi connectivity index (χ0n) is 11.4. The van der Waals surface area contributed by atoms with Crippen LogP contribution in [0.2, 0.25) is 0 Å². The molecule has 2 N–H and O–H groups in total. The van der Waals surface area contributed by atoms with E-state index in [1.165, 1.54) is 6.92 Å². The molecule has 6 heteroatoms. The SMILES string of the molecule is CC(=O)Nc1ccc([C@]2(C)CCC(=O)NC2=O)cc1.Cl. The highest BCUT2D eigenvalue weighted by Crippen LogP contribution is 2.32. The Morgan fingerprint density at radius 3 is 2.35 bits per heavy atom. The number of anilines is 1. The average molecular weight is 297 g/mol. The zero-order valence-corrected chi connectivity index (χ0v) is 12.2. The van der Waals surface area contributed by atoms with Crippen LogP contribution in [0.5, 0.6) is 0 Å². The summed E-state index contributed by atoms with van der Waals surface area (Å²) in [5, 5.41) is 5.04. The van der Waals surface area contributed by atoms with E-state index >= 15 is 0 Å². The van der Waals surface area contributed by atoms with Crippen molar-refractivity contribution in [3.05, 3.63) is 29.8 Å². The predicted molar refractivity (Wildman–Crippen MR) is 77.7 cm³/mol. The smallest absolute Gasteiger partial charge is 0.236 e. The maximum atomic E-state index is 12.0. The van der Waals surface area contributed by atoms with Crippen molar-refractivity contribution in [1.82, 2.24) is 5.32 Å². The number of carbonyl (C=O) groups is 3. The second kappa shape index (κ2) is 6.05.